The van der Waals surface area contributed by atoms with Gasteiger partial charge < -0.3 is 18.8 Å². The summed E-state index contributed by atoms with van der Waals surface area (Å²) in [6, 6.07) is 1.69. The van der Waals surface area contributed by atoms with Gasteiger partial charge in [0.1, 0.15) is 17.0 Å². The maximum Gasteiger partial charge on any atom is 0.416 e. The molecule has 2 amide bonds. The molecule has 0 bridgehead atoms. The summed E-state index contributed by atoms with van der Waals surface area (Å²) in [5.41, 5.74) is -0.643. The predicted octanol–water partition coefficient (Wildman–Crippen LogP) is 6.18. The van der Waals surface area contributed by atoms with Crippen LogP contribution in [0.1, 0.15) is 62.3 Å². The van der Waals surface area contributed by atoms with E-state index in [2.05, 4.69) is 59.8 Å². The van der Waals surface area contributed by atoms with Crippen LogP contribution in [0.2, 0.25) is 18.1 Å². The Hall–Kier alpha value is -2.22. The van der Waals surface area contributed by atoms with E-state index in [0.29, 0.717) is 50.8 Å². The number of hydrogen-bond acceptors (Lipinski definition) is 8. The zero-order valence-electron chi connectivity index (χ0n) is 27.2. The van der Waals surface area contributed by atoms with E-state index in [1.807, 2.05) is 41.5 Å². The molecule has 3 rings (SSSR count). The highest BCUT2D eigenvalue weighted by Crippen LogP contribution is 2.37. The molecule has 42 heavy (non-hydrogen) atoms. The van der Waals surface area contributed by atoms with Crippen LogP contribution in [0, 0.1) is 0 Å². The Kier molecular flexibility index (Phi) is 10.4. The Morgan fingerprint density at radius 3 is 2.29 bits per heavy atom. The largest absolute Gasteiger partial charge is 0.563 e. The predicted molar refractivity (Wildman–Crippen MR) is 171 cm³/mol. The van der Waals surface area contributed by atoms with Gasteiger partial charge in [0.15, 0.2) is 5.65 Å². The number of amides is 2. The number of aromatic nitrogens is 3. The van der Waals surface area contributed by atoms with E-state index >= 15 is 0 Å². The lowest BCUT2D eigenvalue weighted by Crippen LogP contribution is -2.59. The number of carbonyl (C=O) groups excluding carboxylic acids is 2. The molecule has 1 fully saturated rings. The lowest BCUT2D eigenvalue weighted by atomic mass is 10.1. The van der Waals surface area contributed by atoms with E-state index in [4.69, 9.17) is 18.9 Å². The molecule has 237 valence electrons. The van der Waals surface area contributed by atoms with E-state index in [9.17, 15) is 9.59 Å². The van der Waals surface area contributed by atoms with Crippen LogP contribution in [0.4, 0.5) is 15.4 Å². The third-order valence-electron chi connectivity index (χ3n) is 7.51. The van der Waals surface area contributed by atoms with Gasteiger partial charge in [-0.2, -0.15) is 5.10 Å². The molecule has 0 N–H and O–H groups in total. The van der Waals surface area contributed by atoms with Crippen molar-refractivity contribution >= 4 is 47.9 Å². The van der Waals surface area contributed by atoms with Gasteiger partial charge in [-0.05, 0) is 71.9 Å². The Labute approximate surface area is 260 Å². The molecule has 0 aromatic carbocycles. The summed E-state index contributed by atoms with van der Waals surface area (Å²) in [5, 5.41) is 4.32. The molecular weight excluding hydrogens is 620 g/mol. The summed E-state index contributed by atoms with van der Waals surface area (Å²) in [6.45, 7) is 25.2. The van der Waals surface area contributed by atoms with Crippen LogP contribution in [0.5, 0.6) is 0 Å². The molecule has 11 nitrogen and oxygen atoms in total. The summed E-state index contributed by atoms with van der Waals surface area (Å²) in [6.07, 6.45) is 2.64. The van der Waals surface area contributed by atoms with Crippen molar-refractivity contribution in [1.29, 1.82) is 0 Å². The summed E-state index contributed by atoms with van der Waals surface area (Å²) in [7, 11) is -2.04. The first kappa shape index (κ1) is 34.3. The number of anilines is 1. The number of ether oxygens (including phenoxy) is 2. The minimum atomic E-state index is -2.04. The molecular formula is C29H49BrN6O5Si-. The first-order valence-electron chi connectivity index (χ1n) is 14.5. The van der Waals surface area contributed by atoms with Crippen molar-refractivity contribution in [3.05, 3.63) is 22.9 Å². The van der Waals surface area contributed by atoms with Crippen LogP contribution in [-0.2, 0) is 13.9 Å². The van der Waals surface area contributed by atoms with Gasteiger partial charge >= 0.3 is 12.2 Å². The SMILES string of the molecule is CC(C)(C)OC(=O)N1CCN(CCN(C(=O)OC(C)(C)C)c2ccn3ncc(Br)c3n2)C(CO[Si-](C)(C)C(C)(C)C)C1. The fourth-order valence-corrected chi connectivity index (χ4v) is 5.59. The van der Waals surface area contributed by atoms with E-state index in [-0.39, 0.29) is 17.2 Å². The maximum absolute atomic E-state index is 13.4. The van der Waals surface area contributed by atoms with Crippen LogP contribution in [-0.4, -0.2) is 101 Å². The zero-order valence-corrected chi connectivity index (χ0v) is 29.7. The fraction of sp³-hybridized carbons (Fsp3) is 0.724. The second-order valence-electron chi connectivity index (χ2n) is 14.4. The number of piperazine rings is 1. The molecule has 1 aliphatic rings. The highest BCUT2D eigenvalue weighted by atomic mass is 79.9. The molecule has 2 aromatic heterocycles. The van der Waals surface area contributed by atoms with Crippen molar-refractivity contribution in [3.63, 3.8) is 0 Å². The standard InChI is InChI=1S/C29H49BrN6O5Si/c1-27(2,3)40-25(37)34-15-14-33(21(19-34)20-39-42(10,11)29(7,8)9)16-17-35(26(38)41-28(4,5)6)23-12-13-36-24(32-23)22(30)18-31-36/h12-13,18,21H,14-17,19-20H2,1-11H3/q-1. The monoisotopic (exact) mass is 668 g/mol. The second kappa shape index (κ2) is 12.8. The summed E-state index contributed by atoms with van der Waals surface area (Å²) >= 11 is 3.49. The molecule has 0 aliphatic carbocycles. The fourth-order valence-electron chi connectivity index (χ4n) is 4.19. The van der Waals surface area contributed by atoms with Gasteiger partial charge in [0.2, 0.25) is 0 Å². The van der Waals surface area contributed by atoms with Gasteiger partial charge in [-0.3, -0.25) is 9.80 Å². The normalized spacial score (nSPS) is 17.4. The minimum Gasteiger partial charge on any atom is -0.563 e. The van der Waals surface area contributed by atoms with Crippen molar-refractivity contribution in [3.8, 4) is 0 Å². The summed E-state index contributed by atoms with van der Waals surface area (Å²) in [5.74, 6) is 0.472. The van der Waals surface area contributed by atoms with E-state index in [0.717, 1.165) is 4.47 Å². The van der Waals surface area contributed by atoms with E-state index < -0.39 is 25.6 Å². The third kappa shape index (κ3) is 9.14. The van der Waals surface area contributed by atoms with Gasteiger partial charge in [-0.25, -0.2) is 19.1 Å². The third-order valence-corrected chi connectivity index (χ3v) is 12.6. The number of hydrogen-bond donors (Lipinski definition) is 0. The Morgan fingerprint density at radius 1 is 1.05 bits per heavy atom. The van der Waals surface area contributed by atoms with E-state index in [1.54, 1.807) is 32.8 Å². The van der Waals surface area contributed by atoms with Gasteiger partial charge in [0.25, 0.3) is 0 Å². The van der Waals surface area contributed by atoms with E-state index in [1.165, 1.54) is 0 Å². The Morgan fingerprint density at radius 2 is 1.69 bits per heavy atom. The maximum atomic E-state index is 13.4. The number of halogens is 1. The molecule has 1 saturated heterocycles. The molecule has 3 heterocycles. The van der Waals surface area contributed by atoms with Gasteiger partial charge in [0, 0.05) is 51.6 Å². The number of rotatable bonds is 7. The number of fused-ring (bicyclic) bond motifs is 1. The first-order valence-corrected chi connectivity index (χ1v) is 18.2. The van der Waals surface area contributed by atoms with Crippen LogP contribution in [0.15, 0.2) is 22.9 Å². The zero-order chi connectivity index (χ0) is 31.7. The molecule has 1 aliphatic heterocycles. The molecule has 0 saturated carbocycles. The number of nitrogens with zero attached hydrogens (tertiary/aromatic N) is 6. The summed E-state index contributed by atoms with van der Waals surface area (Å²) in [4.78, 5) is 36.7. The van der Waals surface area contributed by atoms with Gasteiger partial charge in [0.05, 0.1) is 10.7 Å². The molecule has 1 atom stereocenters. The summed E-state index contributed by atoms with van der Waals surface area (Å²) < 4.78 is 20.5. The van der Waals surface area contributed by atoms with Crippen LogP contribution in [0.3, 0.4) is 0 Å². The quantitative estimate of drug-likeness (QED) is 0.323. The smallest absolute Gasteiger partial charge is 0.416 e. The van der Waals surface area contributed by atoms with Crippen molar-refractivity contribution in [1.82, 2.24) is 24.4 Å². The molecule has 2 aromatic rings. The van der Waals surface area contributed by atoms with Crippen molar-refractivity contribution in [2.45, 2.75) is 97.7 Å². The van der Waals surface area contributed by atoms with Gasteiger partial charge in [-0.1, -0.05) is 20.8 Å². The molecule has 13 heteroatoms. The van der Waals surface area contributed by atoms with Crippen LogP contribution in [0.25, 0.3) is 5.65 Å². The topological polar surface area (TPSA) is 102 Å². The Balaban J connectivity index is 1.84. The highest BCUT2D eigenvalue weighted by molar-refractivity contribution is 9.10. The molecule has 0 spiro atoms. The van der Waals surface area contributed by atoms with Crippen LogP contribution < -0.4 is 4.90 Å². The van der Waals surface area contributed by atoms with Crippen LogP contribution >= 0.6 is 15.9 Å². The van der Waals surface area contributed by atoms with Gasteiger partial charge in [-0.15, -0.1) is 18.1 Å². The number of carbonyl (C=O) groups is 2. The lowest BCUT2D eigenvalue weighted by molar-refractivity contribution is -0.00281. The van der Waals surface area contributed by atoms with Crippen molar-refractivity contribution in [2.75, 3.05) is 44.2 Å². The Bertz CT molecular complexity index is 1250. The van der Waals surface area contributed by atoms with Crippen molar-refractivity contribution in [2.24, 2.45) is 0 Å². The average molecular weight is 670 g/mol. The minimum absolute atomic E-state index is 0.0527. The average Bonchev–Trinajstić information content (AvgIpc) is 3.20. The highest BCUT2D eigenvalue weighted by Gasteiger charge is 2.34. The van der Waals surface area contributed by atoms with Crippen molar-refractivity contribution < 1.29 is 23.5 Å². The molecule has 1 unspecified atom stereocenters. The second-order valence-corrected chi connectivity index (χ2v) is 20.0. The lowest BCUT2D eigenvalue weighted by Gasteiger charge is -2.51. The first-order chi connectivity index (χ1) is 19.2. The molecule has 0 radical (unpaired) electrons.